The number of thioether (sulfide) groups is 1. The van der Waals surface area contributed by atoms with Gasteiger partial charge in [0.05, 0.1) is 16.7 Å². The first kappa shape index (κ1) is 18.0. The van der Waals surface area contributed by atoms with Gasteiger partial charge in [-0.05, 0) is 42.6 Å². The molecule has 1 aromatic carbocycles. The smallest absolute Gasteiger partial charge is 0.246 e. The highest BCUT2D eigenvalue weighted by Gasteiger charge is 2.21. The molecule has 5 nitrogen and oxygen atoms in total. The van der Waals surface area contributed by atoms with Crippen molar-refractivity contribution in [3.05, 3.63) is 52.7 Å². The number of hydrogen-bond acceptors (Lipinski definition) is 6. The third-order valence-corrected chi connectivity index (χ3v) is 5.65. The molecule has 3 aromatic rings. The Hall–Kier alpha value is -1.83. The average molecular weight is 394 g/mol. The van der Waals surface area contributed by atoms with Gasteiger partial charge in [-0.3, -0.25) is 4.79 Å². The molecule has 0 bridgehead atoms. The molecular weight excluding hydrogens is 378 g/mol. The van der Waals surface area contributed by atoms with Crippen LogP contribution in [0.4, 0.5) is 0 Å². The van der Waals surface area contributed by atoms with Crippen LogP contribution in [-0.2, 0) is 11.3 Å². The van der Waals surface area contributed by atoms with Gasteiger partial charge in [0.1, 0.15) is 0 Å². The standard InChI is InChI=1S/C17H16ClN3O2S2/c1-11(25-13-7-5-12(18)6-8-13)17(22)21(2)10-15-19-16(20-23-15)14-4-3-9-24-14/h3-9,11H,10H2,1-2H3/t11-/m0/s1. The van der Waals surface area contributed by atoms with E-state index in [1.54, 1.807) is 23.3 Å². The molecule has 3 rings (SSSR count). The lowest BCUT2D eigenvalue weighted by Crippen LogP contribution is -2.32. The van der Waals surface area contributed by atoms with E-state index in [0.29, 0.717) is 16.7 Å². The Balaban J connectivity index is 1.59. The molecule has 0 saturated carbocycles. The Morgan fingerprint density at radius 1 is 1.36 bits per heavy atom. The lowest BCUT2D eigenvalue weighted by Gasteiger charge is -2.19. The largest absolute Gasteiger partial charge is 0.337 e. The molecule has 2 aromatic heterocycles. The van der Waals surface area contributed by atoms with Crippen LogP contribution in [0.15, 0.2) is 51.2 Å². The lowest BCUT2D eigenvalue weighted by atomic mass is 10.4. The second-order valence-electron chi connectivity index (χ2n) is 5.40. The number of carbonyl (C=O) groups is 1. The van der Waals surface area contributed by atoms with Crippen molar-refractivity contribution in [2.24, 2.45) is 0 Å². The van der Waals surface area contributed by atoms with Crippen LogP contribution in [0.1, 0.15) is 12.8 Å². The number of benzene rings is 1. The van der Waals surface area contributed by atoms with Crippen molar-refractivity contribution in [1.82, 2.24) is 15.0 Å². The molecule has 0 saturated heterocycles. The van der Waals surface area contributed by atoms with Gasteiger partial charge in [0.15, 0.2) is 0 Å². The van der Waals surface area contributed by atoms with E-state index in [0.717, 1.165) is 9.77 Å². The predicted molar refractivity (Wildman–Crippen MR) is 101 cm³/mol. The predicted octanol–water partition coefficient (Wildman–Crippen LogP) is 4.59. The highest BCUT2D eigenvalue weighted by atomic mass is 35.5. The monoisotopic (exact) mass is 393 g/mol. The van der Waals surface area contributed by atoms with Gasteiger partial charge in [0.25, 0.3) is 0 Å². The first-order valence-corrected chi connectivity index (χ1v) is 9.70. The van der Waals surface area contributed by atoms with Crippen LogP contribution in [-0.4, -0.2) is 33.2 Å². The summed E-state index contributed by atoms with van der Waals surface area (Å²) in [6.07, 6.45) is 0. The summed E-state index contributed by atoms with van der Waals surface area (Å²) >= 11 is 8.91. The molecule has 0 fully saturated rings. The molecule has 0 aliphatic heterocycles. The van der Waals surface area contributed by atoms with Gasteiger partial charge < -0.3 is 9.42 Å². The molecule has 0 aliphatic carbocycles. The number of nitrogens with zero attached hydrogens (tertiary/aromatic N) is 3. The number of aromatic nitrogens is 2. The number of carbonyl (C=O) groups excluding carboxylic acids is 1. The van der Waals surface area contributed by atoms with Gasteiger partial charge in [0, 0.05) is 17.0 Å². The zero-order valence-electron chi connectivity index (χ0n) is 13.7. The molecule has 0 radical (unpaired) electrons. The van der Waals surface area contributed by atoms with Gasteiger partial charge in [0.2, 0.25) is 17.6 Å². The van der Waals surface area contributed by atoms with Gasteiger partial charge in [-0.1, -0.05) is 22.8 Å². The van der Waals surface area contributed by atoms with E-state index in [1.165, 1.54) is 11.8 Å². The van der Waals surface area contributed by atoms with Crippen molar-refractivity contribution in [3.63, 3.8) is 0 Å². The van der Waals surface area contributed by atoms with E-state index in [-0.39, 0.29) is 17.7 Å². The summed E-state index contributed by atoms with van der Waals surface area (Å²) in [5, 5.41) is 6.36. The summed E-state index contributed by atoms with van der Waals surface area (Å²) in [6.45, 7) is 2.16. The average Bonchev–Trinajstić information content (AvgIpc) is 3.27. The number of hydrogen-bond donors (Lipinski definition) is 0. The minimum atomic E-state index is -0.231. The summed E-state index contributed by atoms with van der Waals surface area (Å²) < 4.78 is 5.25. The third kappa shape index (κ3) is 4.62. The van der Waals surface area contributed by atoms with Crippen molar-refractivity contribution < 1.29 is 9.32 Å². The van der Waals surface area contributed by atoms with E-state index in [1.807, 2.05) is 48.7 Å². The first-order valence-electron chi connectivity index (χ1n) is 7.56. The Morgan fingerprint density at radius 3 is 2.80 bits per heavy atom. The lowest BCUT2D eigenvalue weighted by molar-refractivity contribution is -0.129. The third-order valence-electron chi connectivity index (χ3n) is 3.43. The number of amides is 1. The quantitative estimate of drug-likeness (QED) is 0.573. The SMILES string of the molecule is C[C@H](Sc1ccc(Cl)cc1)C(=O)N(C)Cc1nc(-c2cccs2)no1. The zero-order valence-corrected chi connectivity index (χ0v) is 16.1. The molecule has 0 spiro atoms. The second-order valence-corrected chi connectivity index (χ2v) is 8.20. The van der Waals surface area contributed by atoms with Crippen LogP contribution in [0.3, 0.4) is 0 Å². The molecule has 8 heteroatoms. The van der Waals surface area contributed by atoms with Crippen LogP contribution < -0.4 is 0 Å². The number of halogens is 1. The van der Waals surface area contributed by atoms with Crippen molar-refractivity contribution in [2.45, 2.75) is 23.6 Å². The van der Waals surface area contributed by atoms with E-state index < -0.39 is 0 Å². The Kier molecular flexibility index (Phi) is 5.78. The zero-order chi connectivity index (χ0) is 17.8. The maximum atomic E-state index is 12.5. The fourth-order valence-corrected chi connectivity index (χ4v) is 3.94. The number of rotatable bonds is 6. The molecule has 0 aliphatic rings. The fourth-order valence-electron chi connectivity index (χ4n) is 2.18. The van der Waals surface area contributed by atoms with Gasteiger partial charge in [-0.2, -0.15) is 4.98 Å². The molecule has 0 unspecified atom stereocenters. The summed E-state index contributed by atoms with van der Waals surface area (Å²) in [4.78, 5) is 20.4. The van der Waals surface area contributed by atoms with E-state index in [4.69, 9.17) is 16.1 Å². The molecular formula is C17H16ClN3O2S2. The molecule has 130 valence electrons. The molecule has 1 atom stereocenters. The highest BCUT2D eigenvalue weighted by Crippen LogP contribution is 2.26. The van der Waals surface area contributed by atoms with Gasteiger partial charge in [-0.25, -0.2) is 0 Å². The van der Waals surface area contributed by atoms with Crippen molar-refractivity contribution in [1.29, 1.82) is 0 Å². The Bertz CT molecular complexity index is 834. The maximum Gasteiger partial charge on any atom is 0.246 e. The first-order chi connectivity index (χ1) is 12.0. The van der Waals surface area contributed by atoms with E-state index in [2.05, 4.69) is 10.1 Å². The summed E-state index contributed by atoms with van der Waals surface area (Å²) in [5.41, 5.74) is 0. The van der Waals surface area contributed by atoms with Crippen LogP contribution in [0.5, 0.6) is 0 Å². The Labute approximate surface area is 159 Å². The highest BCUT2D eigenvalue weighted by molar-refractivity contribution is 8.00. The van der Waals surface area contributed by atoms with E-state index >= 15 is 0 Å². The summed E-state index contributed by atoms with van der Waals surface area (Å²) in [5.74, 6) is 0.966. The van der Waals surface area contributed by atoms with Gasteiger partial charge in [-0.15, -0.1) is 23.1 Å². The van der Waals surface area contributed by atoms with E-state index in [9.17, 15) is 4.79 Å². The van der Waals surface area contributed by atoms with Crippen molar-refractivity contribution >= 4 is 40.6 Å². The van der Waals surface area contributed by atoms with Crippen molar-refractivity contribution in [2.75, 3.05) is 7.05 Å². The molecule has 2 heterocycles. The maximum absolute atomic E-state index is 12.5. The van der Waals surface area contributed by atoms with Crippen molar-refractivity contribution in [3.8, 4) is 10.7 Å². The second kappa shape index (κ2) is 8.03. The fraction of sp³-hybridized carbons (Fsp3) is 0.235. The van der Waals surface area contributed by atoms with Crippen LogP contribution >= 0.6 is 34.7 Å². The molecule has 25 heavy (non-hydrogen) atoms. The topological polar surface area (TPSA) is 59.2 Å². The summed E-state index contributed by atoms with van der Waals surface area (Å²) in [6, 6.07) is 11.3. The molecule has 0 N–H and O–H groups in total. The molecule has 1 amide bonds. The minimum Gasteiger partial charge on any atom is -0.337 e. The van der Waals surface area contributed by atoms with Crippen LogP contribution in [0.2, 0.25) is 5.02 Å². The normalized spacial score (nSPS) is 12.1. The summed E-state index contributed by atoms with van der Waals surface area (Å²) in [7, 11) is 1.73. The number of thiophene rings is 1. The van der Waals surface area contributed by atoms with Gasteiger partial charge >= 0.3 is 0 Å². The Morgan fingerprint density at radius 2 is 2.12 bits per heavy atom. The van der Waals surface area contributed by atoms with Crippen LogP contribution in [0.25, 0.3) is 10.7 Å². The van der Waals surface area contributed by atoms with Crippen LogP contribution in [0, 0.1) is 0 Å². The minimum absolute atomic E-state index is 0.00387.